The van der Waals surface area contributed by atoms with Crippen molar-refractivity contribution in [3.63, 3.8) is 0 Å². The Kier molecular flexibility index (Phi) is 7.37. The van der Waals surface area contributed by atoms with Crippen LogP contribution in [0.1, 0.15) is 51.9 Å². The lowest BCUT2D eigenvalue weighted by Crippen LogP contribution is -2.56. The Morgan fingerprint density at radius 1 is 1.20 bits per heavy atom. The quantitative estimate of drug-likeness (QED) is 0.415. The van der Waals surface area contributed by atoms with E-state index in [1.165, 1.54) is 38.5 Å². The topological polar surface area (TPSA) is 58.1 Å². The molecule has 2 N–H and O–H groups in total. The molecular weight excluding hydrogens is 316 g/mol. The van der Waals surface area contributed by atoms with Crippen LogP contribution in [-0.4, -0.2) is 75.0 Å². The second kappa shape index (κ2) is 9.74. The fourth-order valence-corrected chi connectivity index (χ4v) is 4.46. The summed E-state index contributed by atoms with van der Waals surface area (Å²) < 4.78 is 11.3. The van der Waals surface area contributed by atoms with Gasteiger partial charge in [0.05, 0.1) is 25.9 Å². The first-order valence-corrected chi connectivity index (χ1v) is 10.2. The summed E-state index contributed by atoms with van der Waals surface area (Å²) in [6.45, 7) is 5.96. The predicted molar refractivity (Wildman–Crippen MR) is 101 cm³/mol. The first kappa shape index (κ1) is 18.9. The largest absolute Gasteiger partial charge is 0.377 e. The molecule has 3 aliphatic heterocycles. The minimum atomic E-state index is 0.300. The standard InChI is InChI=1S/C19H36N4O2/c1-3-20-19(21-9-11-24-14-18-8-5-10-25-18)22-15-12-16-6-4-7-17(13-15)23(16)2/h15-18H,3-14H2,1-2H3,(H2,20,21,22). The second-order valence-corrected chi connectivity index (χ2v) is 7.69. The molecule has 3 unspecified atom stereocenters. The van der Waals surface area contributed by atoms with E-state index in [4.69, 9.17) is 14.5 Å². The number of fused-ring (bicyclic) bond motifs is 2. The summed E-state index contributed by atoms with van der Waals surface area (Å²) in [5.74, 6) is 0.941. The first-order chi connectivity index (χ1) is 12.3. The van der Waals surface area contributed by atoms with Crippen LogP contribution >= 0.6 is 0 Å². The Balaban J connectivity index is 1.40. The van der Waals surface area contributed by atoms with Gasteiger partial charge in [0.2, 0.25) is 0 Å². The van der Waals surface area contributed by atoms with Crippen molar-refractivity contribution in [1.82, 2.24) is 15.5 Å². The van der Waals surface area contributed by atoms with Crippen molar-refractivity contribution >= 4 is 5.96 Å². The van der Waals surface area contributed by atoms with Crippen molar-refractivity contribution in [3.8, 4) is 0 Å². The molecule has 0 aliphatic carbocycles. The van der Waals surface area contributed by atoms with Gasteiger partial charge in [-0.2, -0.15) is 0 Å². The van der Waals surface area contributed by atoms with E-state index in [-0.39, 0.29) is 0 Å². The molecule has 3 atom stereocenters. The predicted octanol–water partition coefficient (Wildman–Crippen LogP) is 1.75. The van der Waals surface area contributed by atoms with Crippen LogP contribution in [0.4, 0.5) is 0 Å². The molecule has 25 heavy (non-hydrogen) atoms. The van der Waals surface area contributed by atoms with Gasteiger partial charge in [-0.05, 0) is 52.5 Å². The fourth-order valence-electron chi connectivity index (χ4n) is 4.46. The zero-order chi connectivity index (χ0) is 17.5. The molecule has 3 fully saturated rings. The minimum Gasteiger partial charge on any atom is -0.377 e. The van der Waals surface area contributed by atoms with E-state index in [9.17, 15) is 0 Å². The van der Waals surface area contributed by atoms with Gasteiger partial charge < -0.3 is 25.0 Å². The number of hydrogen-bond donors (Lipinski definition) is 2. The average Bonchev–Trinajstić information content (AvgIpc) is 3.09. The highest BCUT2D eigenvalue weighted by Crippen LogP contribution is 2.32. The van der Waals surface area contributed by atoms with Gasteiger partial charge in [-0.25, -0.2) is 0 Å². The monoisotopic (exact) mass is 352 g/mol. The molecule has 3 rings (SSSR count). The van der Waals surface area contributed by atoms with Crippen LogP contribution in [-0.2, 0) is 9.47 Å². The van der Waals surface area contributed by atoms with Gasteiger partial charge in [-0.1, -0.05) is 6.42 Å². The van der Waals surface area contributed by atoms with Crippen molar-refractivity contribution in [2.75, 3.05) is 40.0 Å². The van der Waals surface area contributed by atoms with Crippen LogP contribution in [0.3, 0.4) is 0 Å². The zero-order valence-electron chi connectivity index (χ0n) is 16.0. The molecule has 0 spiro atoms. The van der Waals surface area contributed by atoms with E-state index < -0.39 is 0 Å². The van der Waals surface area contributed by atoms with Gasteiger partial charge >= 0.3 is 0 Å². The van der Waals surface area contributed by atoms with Gasteiger partial charge in [-0.15, -0.1) is 0 Å². The molecule has 144 valence electrons. The number of hydrogen-bond acceptors (Lipinski definition) is 4. The van der Waals surface area contributed by atoms with Gasteiger partial charge in [0.15, 0.2) is 5.96 Å². The van der Waals surface area contributed by atoms with Crippen LogP contribution in [0.25, 0.3) is 0 Å². The van der Waals surface area contributed by atoms with Crippen molar-refractivity contribution in [3.05, 3.63) is 0 Å². The SMILES string of the molecule is CCNC(=NCCOCC1CCCO1)NC1CC2CCCC(C1)N2C. The molecule has 2 bridgehead atoms. The Morgan fingerprint density at radius 2 is 2.00 bits per heavy atom. The maximum atomic E-state index is 5.72. The summed E-state index contributed by atoms with van der Waals surface area (Å²) in [6.07, 6.45) is 9.13. The highest BCUT2D eigenvalue weighted by atomic mass is 16.5. The lowest BCUT2D eigenvalue weighted by atomic mass is 9.82. The summed E-state index contributed by atoms with van der Waals surface area (Å²) in [6, 6.07) is 2.02. The molecule has 0 aromatic carbocycles. The maximum absolute atomic E-state index is 5.72. The number of guanidine groups is 1. The third-order valence-electron chi connectivity index (χ3n) is 5.86. The fraction of sp³-hybridized carbons (Fsp3) is 0.947. The maximum Gasteiger partial charge on any atom is 0.191 e. The number of nitrogens with one attached hydrogen (secondary N) is 2. The summed E-state index contributed by atoms with van der Waals surface area (Å²) in [4.78, 5) is 7.30. The third kappa shape index (κ3) is 5.56. The van der Waals surface area contributed by atoms with Crippen LogP contribution in [0, 0.1) is 0 Å². The molecule has 3 saturated heterocycles. The molecule has 0 amide bonds. The van der Waals surface area contributed by atoms with E-state index in [2.05, 4.69) is 29.5 Å². The molecule has 3 heterocycles. The number of rotatable bonds is 7. The number of piperidine rings is 2. The number of aliphatic imine (C=N–C) groups is 1. The molecule has 3 aliphatic rings. The lowest BCUT2D eigenvalue weighted by molar-refractivity contribution is 0.0199. The number of ether oxygens (including phenoxy) is 2. The second-order valence-electron chi connectivity index (χ2n) is 7.69. The van der Waals surface area contributed by atoms with Gasteiger partial charge in [0.1, 0.15) is 0 Å². The van der Waals surface area contributed by atoms with Crippen LogP contribution in [0.15, 0.2) is 4.99 Å². The molecule has 0 aromatic rings. The lowest BCUT2D eigenvalue weighted by Gasteiger charge is -2.47. The Morgan fingerprint density at radius 3 is 2.68 bits per heavy atom. The van der Waals surface area contributed by atoms with E-state index in [0.717, 1.165) is 37.6 Å². The average molecular weight is 353 g/mol. The van der Waals surface area contributed by atoms with Gasteiger partial charge in [0, 0.05) is 31.3 Å². The van der Waals surface area contributed by atoms with E-state index >= 15 is 0 Å². The van der Waals surface area contributed by atoms with Crippen LogP contribution in [0.5, 0.6) is 0 Å². The Hall–Kier alpha value is -0.850. The normalized spacial score (nSPS) is 33.4. The van der Waals surface area contributed by atoms with Gasteiger partial charge in [-0.3, -0.25) is 4.99 Å². The highest BCUT2D eigenvalue weighted by molar-refractivity contribution is 5.80. The smallest absolute Gasteiger partial charge is 0.191 e. The molecular formula is C19H36N4O2. The van der Waals surface area contributed by atoms with Crippen molar-refractivity contribution < 1.29 is 9.47 Å². The summed E-state index contributed by atoms with van der Waals surface area (Å²) in [7, 11) is 2.30. The Labute approximate surface area is 152 Å². The highest BCUT2D eigenvalue weighted by Gasteiger charge is 2.36. The number of nitrogens with zero attached hydrogens (tertiary/aromatic N) is 2. The molecule has 6 heteroatoms. The van der Waals surface area contributed by atoms with Crippen LogP contribution < -0.4 is 10.6 Å². The first-order valence-electron chi connectivity index (χ1n) is 10.2. The molecule has 6 nitrogen and oxygen atoms in total. The van der Waals surface area contributed by atoms with Gasteiger partial charge in [0.25, 0.3) is 0 Å². The van der Waals surface area contributed by atoms with Crippen LogP contribution in [0.2, 0.25) is 0 Å². The molecule has 0 radical (unpaired) electrons. The third-order valence-corrected chi connectivity index (χ3v) is 5.86. The Bertz CT molecular complexity index is 412. The minimum absolute atomic E-state index is 0.300. The zero-order valence-corrected chi connectivity index (χ0v) is 16.0. The summed E-state index contributed by atoms with van der Waals surface area (Å²) >= 11 is 0. The van der Waals surface area contributed by atoms with E-state index in [0.29, 0.717) is 31.9 Å². The van der Waals surface area contributed by atoms with Crippen molar-refractivity contribution in [1.29, 1.82) is 0 Å². The van der Waals surface area contributed by atoms with E-state index in [1.807, 2.05) is 0 Å². The molecule has 0 aromatic heterocycles. The van der Waals surface area contributed by atoms with Crippen molar-refractivity contribution in [2.24, 2.45) is 4.99 Å². The van der Waals surface area contributed by atoms with Crippen molar-refractivity contribution in [2.45, 2.75) is 76.1 Å². The van der Waals surface area contributed by atoms with E-state index in [1.54, 1.807) is 0 Å². The summed E-state index contributed by atoms with van der Waals surface area (Å²) in [5, 5.41) is 7.05. The molecule has 0 saturated carbocycles. The summed E-state index contributed by atoms with van der Waals surface area (Å²) in [5.41, 5.74) is 0.